The third-order valence-corrected chi connectivity index (χ3v) is 5.35. The fourth-order valence-electron chi connectivity index (χ4n) is 3.47. The van der Waals surface area contributed by atoms with E-state index in [4.69, 9.17) is 9.15 Å². The summed E-state index contributed by atoms with van der Waals surface area (Å²) in [5, 5.41) is 6.33. The van der Waals surface area contributed by atoms with Gasteiger partial charge in [-0.2, -0.15) is 0 Å². The van der Waals surface area contributed by atoms with E-state index in [0.29, 0.717) is 29.1 Å². The Morgan fingerprint density at radius 1 is 1.15 bits per heavy atom. The highest BCUT2D eigenvalue weighted by Gasteiger charge is 2.19. The monoisotopic (exact) mass is 451 g/mol. The van der Waals surface area contributed by atoms with E-state index in [1.54, 1.807) is 31.2 Å². The summed E-state index contributed by atoms with van der Waals surface area (Å²) in [6.07, 6.45) is 2.07. The van der Waals surface area contributed by atoms with Crippen molar-refractivity contribution in [2.75, 3.05) is 24.4 Å². The molecule has 1 unspecified atom stereocenters. The van der Waals surface area contributed by atoms with Crippen LogP contribution in [0.2, 0.25) is 0 Å². The van der Waals surface area contributed by atoms with Gasteiger partial charge in [-0.1, -0.05) is 25.5 Å². The van der Waals surface area contributed by atoms with Crippen LogP contribution >= 0.6 is 0 Å². The average Bonchev–Trinajstić information content (AvgIpc) is 2.81. The maximum Gasteiger partial charge on any atom is 0.338 e. The van der Waals surface area contributed by atoms with Gasteiger partial charge in [-0.05, 0) is 43.7 Å². The van der Waals surface area contributed by atoms with Gasteiger partial charge in [0.05, 0.1) is 18.5 Å². The van der Waals surface area contributed by atoms with E-state index in [9.17, 15) is 14.4 Å². The number of ether oxygens (including phenoxy) is 1. The number of hydrogen-bond donors (Lipinski definition) is 2. The molecule has 3 aromatic rings. The number of unbranched alkanes of at least 4 members (excludes halogenated alkanes) is 1. The number of amides is 2. The topological polar surface area (TPSA) is 101 Å². The Morgan fingerprint density at radius 3 is 2.64 bits per heavy atom. The van der Waals surface area contributed by atoms with Crippen molar-refractivity contribution < 1.29 is 18.7 Å². The number of hydrogen-bond acceptors (Lipinski definition) is 6. The largest absolute Gasteiger partial charge is 0.495 e. The Hall–Kier alpha value is -3.81. The van der Waals surface area contributed by atoms with Crippen molar-refractivity contribution in [3.8, 4) is 5.75 Å². The molecule has 3 rings (SSSR count). The lowest BCUT2D eigenvalue weighted by Gasteiger charge is -2.23. The van der Waals surface area contributed by atoms with Gasteiger partial charge in [-0.25, -0.2) is 4.79 Å². The second kappa shape index (κ2) is 10.7. The van der Waals surface area contributed by atoms with Crippen LogP contribution in [0.5, 0.6) is 5.75 Å². The fraction of sp³-hybridized carbons (Fsp3) is 0.320. The highest BCUT2D eigenvalue weighted by Crippen LogP contribution is 2.34. The van der Waals surface area contributed by atoms with Crippen LogP contribution in [0.1, 0.15) is 33.1 Å². The number of carbonyl (C=O) groups is 2. The molecular formula is C25H29N3O5. The summed E-state index contributed by atoms with van der Waals surface area (Å²) in [5.41, 5.74) is 1.88. The summed E-state index contributed by atoms with van der Waals surface area (Å²) >= 11 is 0. The lowest BCUT2D eigenvalue weighted by Crippen LogP contribution is -2.41. The van der Waals surface area contributed by atoms with Crippen molar-refractivity contribution >= 4 is 39.8 Å². The number of nitrogens with one attached hydrogen (secondary N) is 2. The standard InChI is InChI=1S/C25H29N3O5/c1-5-6-11-23(29)26-16(2)25(31)27-19-14-17(12-13-22(19)32-4)28(3)20-15-24(30)33-21-10-8-7-9-18(20)21/h7-10,12-16H,5-6,11H2,1-4H3,(H,26,29)(H,27,31). The van der Waals surface area contributed by atoms with Gasteiger partial charge in [0.15, 0.2) is 0 Å². The normalized spacial score (nSPS) is 11.6. The lowest BCUT2D eigenvalue weighted by atomic mass is 10.1. The zero-order chi connectivity index (χ0) is 24.0. The average molecular weight is 452 g/mol. The van der Waals surface area contributed by atoms with Gasteiger partial charge in [0.2, 0.25) is 11.8 Å². The maximum atomic E-state index is 12.7. The van der Waals surface area contributed by atoms with E-state index >= 15 is 0 Å². The molecule has 0 saturated carbocycles. The van der Waals surface area contributed by atoms with Gasteiger partial charge < -0.3 is 24.7 Å². The molecule has 2 amide bonds. The molecule has 1 aromatic heterocycles. The fourth-order valence-corrected chi connectivity index (χ4v) is 3.47. The third-order valence-electron chi connectivity index (χ3n) is 5.35. The van der Waals surface area contributed by atoms with E-state index in [-0.39, 0.29) is 11.8 Å². The molecule has 1 atom stereocenters. The first-order valence-electron chi connectivity index (χ1n) is 10.9. The number of para-hydroxylation sites is 1. The molecule has 0 aliphatic heterocycles. The van der Waals surface area contributed by atoms with Gasteiger partial charge in [0, 0.05) is 30.6 Å². The molecule has 0 fully saturated rings. The van der Waals surface area contributed by atoms with Crippen LogP contribution in [-0.2, 0) is 9.59 Å². The second-order valence-corrected chi connectivity index (χ2v) is 7.77. The molecule has 33 heavy (non-hydrogen) atoms. The minimum absolute atomic E-state index is 0.158. The molecule has 8 nitrogen and oxygen atoms in total. The van der Waals surface area contributed by atoms with Crippen molar-refractivity contribution in [3.05, 3.63) is 59.0 Å². The molecule has 0 spiro atoms. The molecule has 0 aliphatic rings. The first-order valence-corrected chi connectivity index (χ1v) is 10.9. The molecule has 0 bridgehead atoms. The summed E-state index contributed by atoms with van der Waals surface area (Å²) < 4.78 is 10.7. The Bertz CT molecular complexity index is 1200. The predicted molar refractivity (Wildman–Crippen MR) is 129 cm³/mol. The maximum absolute atomic E-state index is 12.7. The highest BCUT2D eigenvalue weighted by atomic mass is 16.5. The van der Waals surface area contributed by atoms with Crippen LogP contribution in [0, 0.1) is 0 Å². The van der Waals surface area contributed by atoms with E-state index < -0.39 is 11.7 Å². The van der Waals surface area contributed by atoms with E-state index in [1.807, 2.05) is 37.1 Å². The third kappa shape index (κ3) is 5.71. The minimum Gasteiger partial charge on any atom is -0.495 e. The summed E-state index contributed by atoms with van der Waals surface area (Å²) in [7, 11) is 3.34. The number of fused-ring (bicyclic) bond motifs is 1. The number of anilines is 3. The summed E-state index contributed by atoms with van der Waals surface area (Å²) in [6.45, 7) is 3.64. The van der Waals surface area contributed by atoms with Crippen LogP contribution in [0.3, 0.4) is 0 Å². The first kappa shape index (κ1) is 23.8. The van der Waals surface area contributed by atoms with Crippen molar-refractivity contribution in [3.63, 3.8) is 0 Å². The summed E-state index contributed by atoms with van der Waals surface area (Å²) in [6, 6.07) is 13.3. The van der Waals surface area contributed by atoms with E-state index in [1.165, 1.54) is 13.2 Å². The van der Waals surface area contributed by atoms with Crippen molar-refractivity contribution in [1.82, 2.24) is 5.32 Å². The molecule has 174 valence electrons. The Labute approximate surface area is 192 Å². The van der Waals surface area contributed by atoms with E-state index in [2.05, 4.69) is 10.6 Å². The molecule has 1 heterocycles. The molecule has 0 aliphatic carbocycles. The zero-order valence-electron chi connectivity index (χ0n) is 19.3. The van der Waals surface area contributed by atoms with Crippen molar-refractivity contribution in [2.24, 2.45) is 0 Å². The number of carbonyl (C=O) groups excluding carboxylic acids is 2. The Balaban J connectivity index is 1.86. The molecule has 2 aromatic carbocycles. The SMILES string of the molecule is CCCCC(=O)NC(C)C(=O)Nc1cc(N(C)c2cc(=O)oc3ccccc23)ccc1OC. The zero-order valence-corrected chi connectivity index (χ0v) is 19.3. The quantitative estimate of drug-likeness (QED) is 0.473. The van der Waals surface area contributed by atoms with Crippen LogP contribution in [-0.4, -0.2) is 32.0 Å². The van der Waals surface area contributed by atoms with Crippen molar-refractivity contribution in [2.45, 2.75) is 39.2 Å². The van der Waals surface area contributed by atoms with Crippen LogP contribution in [0.25, 0.3) is 11.0 Å². The van der Waals surface area contributed by atoms with Gasteiger partial charge in [0.1, 0.15) is 17.4 Å². The number of rotatable bonds is 9. The van der Waals surface area contributed by atoms with Crippen LogP contribution < -0.4 is 25.9 Å². The molecular weight excluding hydrogens is 422 g/mol. The summed E-state index contributed by atoms with van der Waals surface area (Å²) in [4.78, 5) is 38.6. The predicted octanol–water partition coefficient (Wildman–Crippen LogP) is 4.20. The smallest absolute Gasteiger partial charge is 0.338 e. The number of nitrogens with zero attached hydrogens (tertiary/aromatic N) is 1. The molecule has 0 saturated heterocycles. The highest BCUT2D eigenvalue weighted by molar-refractivity contribution is 5.99. The summed E-state index contributed by atoms with van der Waals surface area (Å²) in [5.74, 6) is -0.0408. The number of benzene rings is 2. The molecule has 2 N–H and O–H groups in total. The first-order chi connectivity index (χ1) is 15.8. The second-order valence-electron chi connectivity index (χ2n) is 7.77. The van der Waals surface area contributed by atoms with Crippen molar-refractivity contribution in [1.29, 1.82) is 0 Å². The van der Waals surface area contributed by atoms with Crippen LogP contribution in [0.4, 0.5) is 17.1 Å². The van der Waals surface area contributed by atoms with E-state index in [0.717, 1.165) is 23.9 Å². The molecule has 0 radical (unpaired) electrons. The van der Waals surface area contributed by atoms with Gasteiger partial charge in [-0.3, -0.25) is 9.59 Å². The van der Waals surface area contributed by atoms with Gasteiger partial charge >= 0.3 is 5.63 Å². The Morgan fingerprint density at radius 2 is 1.91 bits per heavy atom. The molecule has 8 heteroatoms. The van der Waals surface area contributed by atoms with Crippen LogP contribution in [0.15, 0.2) is 57.7 Å². The van der Waals surface area contributed by atoms with Gasteiger partial charge in [-0.15, -0.1) is 0 Å². The Kier molecular flexibility index (Phi) is 7.71. The minimum atomic E-state index is -0.705. The number of methoxy groups -OCH3 is 1. The van der Waals surface area contributed by atoms with Gasteiger partial charge in [0.25, 0.3) is 0 Å². The lowest BCUT2D eigenvalue weighted by molar-refractivity contribution is -0.126.